The van der Waals surface area contributed by atoms with Gasteiger partial charge >= 0.3 is 0 Å². The largest absolute Gasteiger partial charge is 0.494 e. The highest BCUT2D eigenvalue weighted by Gasteiger charge is 2.31. The van der Waals surface area contributed by atoms with Crippen molar-refractivity contribution in [3.05, 3.63) is 163 Å². The number of hydrogen-bond acceptors (Lipinski definition) is 13. The number of aromatic hydroxyl groups is 2. The number of carbonyl (C=O) groups excluding carboxylic acids is 4. The van der Waals surface area contributed by atoms with Gasteiger partial charge in [-0.1, -0.05) is 144 Å². The summed E-state index contributed by atoms with van der Waals surface area (Å²) in [6.07, 6.45) is 1.44. The number of halogens is 1. The summed E-state index contributed by atoms with van der Waals surface area (Å²) in [5, 5.41) is 37.7. The van der Waals surface area contributed by atoms with E-state index in [0.29, 0.717) is 35.1 Å². The Balaban J connectivity index is 0.00000117. The smallest absolute Gasteiger partial charge is 0.278 e. The van der Waals surface area contributed by atoms with Gasteiger partial charge in [0, 0.05) is 33.3 Å². The zero-order valence-electron chi connectivity index (χ0n) is 40.7. The van der Waals surface area contributed by atoms with Gasteiger partial charge in [0.05, 0.1) is 11.4 Å². The Morgan fingerprint density at radius 1 is 0.600 bits per heavy atom. The number of primary amides is 2. The highest BCUT2D eigenvalue weighted by molar-refractivity contribution is 6.64. The molecule has 0 aliphatic rings. The van der Waals surface area contributed by atoms with Crippen LogP contribution in [0.3, 0.4) is 0 Å². The van der Waals surface area contributed by atoms with Gasteiger partial charge in [0.15, 0.2) is 11.4 Å². The molecule has 0 aliphatic heterocycles. The first-order valence-corrected chi connectivity index (χ1v) is 22.6. The standard InChI is InChI=1S/C26H29N5O4.C13H17ClO.C13H13N5O3.4CH4/c1-15(17-9-6-5-7-10-17)14-26(3,4)25(35)28-18-11-8-12-19(13-18)30-31-21-16(2)20(22(27)32)23(33)29-24(21)34;1-10(9-13(2,3)12(14)15)11-7-5-4-6-8-11;1-6-9(11(15)19)12(20)16-13(21)10(6)18-17-8-4-2-3-7(14)5-8;;;;/h5-13,15H,14H2,1-4H3,(H2,27,32)(H,28,35)(H2,29,33,34);4-8,10H,9H2,1-3H3;2-5H,14H2,1H3,(H2,15,19)(H2,16,20,21);4*1H4. The van der Waals surface area contributed by atoms with Crippen molar-refractivity contribution in [2.75, 3.05) is 11.1 Å². The number of carbonyl (C=O) groups is 4. The van der Waals surface area contributed by atoms with Crippen LogP contribution in [0.4, 0.5) is 34.1 Å². The van der Waals surface area contributed by atoms with Crippen molar-refractivity contribution in [1.82, 2.24) is 9.97 Å². The topological polar surface area (TPSA) is 314 Å². The molecule has 0 radical (unpaired) electrons. The van der Waals surface area contributed by atoms with Crippen molar-refractivity contribution in [3.8, 4) is 11.8 Å². The molecule has 2 aromatic heterocycles. The minimum absolute atomic E-state index is 0. The van der Waals surface area contributed by atoms with Gasteiger partial charge in [-0.05, 0) is 97.7 Å². The number of nitrogens with zero attached hydrogens (tertiary/aromatic N) is 4. The van der Waals surface area contributed by atoms with Crippen molar-refractivity contribution in [1.29, 1.82) is 0 Å². The van der Waals surface area contributed by atoms with Crippen LogP contribution in [-0.2, 0) is 9.59 Å². The fourth-order valence-electron chi connectivity index (χ4n) is 7.49. The number of nitrogen functional groups attached to an aromatic ring is 1. The Hall–Kier alpha value is -8.25. The lowest BCUT2D eigenvalue weighted by Crippen LogP contribution is -2.32. The van der Waals surface area contributed by atoms with Gasteiger partial charge in [-0.25, -0.2) is 0 Å². The zero-order valence-corrected chi connectivity index (χ0v) is 41.5. The van der Waals surface area contributed by atoms with Crippen LogP contribution in [-0.4, -0.2) is 43.1 Å². The Labute approximate surface area is 445 Å². The first-order chi connectivity index (χ1) is 33.3. The van der Waals surface area contributed by atoms with Crippen molar-refractivity contribution in [3.63, 3.8) is 0 Å². The lowest BCUT2D eigenvalue weighted by atomic mass is 9.80. The second kappa shape index (κ2) is 29.4. The van der Waals surface area contributed by atoms with Crippen LogP contribution in [0.1, 0.15) is 139 Å². The lowest BCUT2D eigenvalue weighted by Gasteiger charge is -2.27. The zero-order chi connectivity index (χ0) is 52.8. The number of nitrogens with one attached hydrogen (secondary N) is 3. The van der Waals surface area contributed by atoms with Crippen LogP contribution in [0.15, 0.2) is 139 Å². The molecular weight excluding hydrogens is 976 g/mol. The van der Waals surface area contributed by atoms with E-state index in [0.717, 1.165) is 6.42 Å². The van der Waals surface area contributed by atoms with E-state index in [9.17, 15) is 39.0 Å². The third-order valence-electron chi connectivity index (χ3n) is 11.3. The molecule has 11 N–H and O–H groups in total. The number of amides is 3. The molecule has 4 aromatic carbocycles. The third-order valence-corrected chi connectivity index (χ3v) is 11.9. The van der Waals surface area contributed by atoms with E-state index in [1.54, 1.807) is 48.5 Å². The number of aromatic amines is 2. The first-order valence-electron chi connectivity index (χ1n) is 22.2. The van der Waals surface area contributed by atoms with Crippen LogP contribution in [0.5, 0.6) is 11.8 Å². The van der Waals surface area contributed by atoms with E-state index >= 15 is 0 Å². The fourth-order valence-corrected chi connectivity index (χ4v) is 7.56. The van der Waals surface area contributed by atoms with Gasteiger partial charge < -0.3 is 32.7 Å². The predicted molar refractivity (Wildman–Crippen MR) is 303 cm³/mol. The maximum absolute atomic E-state index is 13.0. The third kappa shape index (κ3) is 18.6. The van der Waals surface area contributed by atoms with Crippen LogP contribution in [0.2, 0.25) is 0 Å². The molecule has 0 spiro atoms. The summed E-state index contributed by atoms with van der Waals surface area (Å²) in [7, 11) is 0. The summed E-state index contributed by atoms with van der Waals surface area (Å²) in [5.74, 6) is -2.56. The van der Waals surface area contributed by atoms with Crippen LogP contribution in [0, 0.1) is 24.7 Å². The Bertz CT molecular complexity index is 3060. The molecule has 3 amide bonds. The molecular formula is C56H75ClN10O8. The van der Waals surface area contributed by atoms with Crippen molar-refractivity contribution < 1.29 is 29.4 Å². The molecule has 75 heavy (non-hydrogen) atoms. The first kappa shape index (κ1) is 66.8. The van der Waals surface area contributed by atoms with Crippen molar-refractivity contribution >= 4 is 68.7 Å². The average molecular weight is 1050 g/mol. The Morgan fingerprint density at radius 2 is 0.987 bits per heavy atom. The maximum Gasteiger partial charge on any atom is 0.278 e. The SMILES string of the molecule is C.C.C.C.CC(CC(C)(C)C(=O)Cl)c1ccccc1.Cc1c(C(N)=O)c(O)[nH]c(=O)c1N=Nc1cccc(N)c1.Cc1c(C(N)=O)c(O)[nH]c(=O)c1N=Nc1cccc(NC(=O)C(C)(C)CC(C)c2ccccc2)c1. The van der Waals surface area contributed by atoms with E-state index < -0.39 is 45.5 Å². The van der Waals surface area contributed by atoms with E-state index in [-0.39, 0.29) is 80.4 Å². The minimum atomic E-state index is -0.901. The summed E-state index contributed by atoms with van der Waals surface area (Å²) in [6, 6.07) is 33.5. The maximum atomic E-state index is 13.0. The number of azo groups is 2. The normalized spacial score (nSPS) is 11.6. The van der Waals surface area contributed by atoms with E-state index in [4.69, 9.17) is 28.8 Å². The highest BCUT2D eigenvalue weighted by atomic mass is 35.5. The van der Waals surface area contributed by atoms with Crippen molar-refractivity contribution in [2.24, 2.45) is 42.8 Å². The quantitative estimate of drug-likeness (QED) is 0.0275. The molecule has 6 aromatic rings. The molecule has 0 saturated carbocycles. The highest BCUT2D eigenvalue weighted by Crippen LogP contribution is 2.35. The molecule has 0 aliphatic carbocycles. The summed E-state index contributed by atoms with van der Waals surface area (Å²) in [5.41, 5.74) is 17.4. The Morgan fingerprint density at radius 3 is 1.37 bits per heavy atom. The van der Waals surface area contributed by atoms with Gasteiger partial charge in [0.25, 0.3) is 22.9 Å². The number of hydrogen-bond donors (Lipinski definition) is 8. The molecule has 0 fully saturated rings. The number of aromatic nitrogens is 2. The van der Waals surface area contributed by atoms with Gasteiger partial charge in [-0.2, -0.15) is 10.2 Å². The molecule has 2 unspecified atom stereocenters. The van der Waals surface area contributed by atoms with Gasteiger partial charge in [0.1, 0.15) is 11.1 Å². The Kier molecular flexibility index (Phi) is 26.2. The van der Waals surface area contributed by atoms with Crippen LogP contribution in [0.25, 0.3) is 0 Å². The average Bonchev–Trinajstić information content (AvgIpc) is 3.29. The molecule has 0 bridgehead atoms. The molecule has 404 valence electrons. The van der Waals surface area contributed by atoms with Crippen molar-refractivity contribution in [2.45, 2.75) is 110 Å². The summed E-state index contributed by atoms with van der Waals surface area (Å²) in [4.78, 5) is 75.3. The summed E-state index contributed by atoms with van der Waals surface area (Å²) in [6.45, 7) is 14.7. The predicted octanol–water partition coefficient (Wildman–Crippen LogP) is 13.1. The number of pyridine rings is 2. The minimum Gasteiger partial charge on any atom is -0.494 e. The number of rotatable bonds is 15. The monoisotopic (exact) mass is 1050 g/mol. The second-order valence-electron chi connectivity index (χ2n) is 18.1. The van der Waals surface area contributed by atoms with E-state index in [2.05, 4.69) is 73.9 Å². The summed E-state index contributed by atoms with van der Waals surface area (Å²) < 4.78 is 0. The fraction of sp³-hybridized carbons (Fsp3) is 0.321. The second-order valence-corrected chi connectivity index (χ2v) is 18.4. The molecule has 2 heterocycles. The molecule has 19 heteroatoms. The van der Waals surface area contributed by atoms with Gasteiger partial charge in [0.2, 0.25) is 22.9 Å². The van der Waals surface area contributed by atoms with E-state index in [1.807, 2.05) is 64.1 Å². The number of nitrogens with two attached hydrogens (primary N) is 3. The van der Waals surface area contributed by atoms with Gasteiger partial charge in [-0.15, -0.1) is 10.2 Å². The van der Waals surface area contributed by atoms with E-state index in [1.165, 1.54) is 25.0 Å². The molecule has 18 nitrogen and oxygen atoms in total. The lowest BCUT2D eigenvalue weighted by molar-refractivity contribution is -0.124. The van der Waals surface area contributed by atoms with Gasteiger partial charge in [-0.3, -0.25) is 38.7 Å². The number of benzene rings is 4. The molecule has 6 rings (SSSR count). The summed E-state index contributed by atoms with van der Waals surface area (Å²) >= 11 is 5.56. The number of H-pyrrole nitrogens is 2. The van der Waals surface area contributed by atoms with Crippen LogP contribution >= 0.6 is 11.6 Å². The molecule has 2 atom stereocenters. The van der Waals surface area contributed by atoms with Crippen LogP contribution < -0.4 is 33.6 Å². The molecule has 0 saturated heterocycles. The number of anilines is 2.